The van der Waals surface area contributed by atoms with Crippen molar-refractivity contribution in [2.45, 2.75) is 6.54 Å². The van der Waals surface area contributed by atoms with Crippen LogP contribution in [0.4, 0.5) is 0 Å². The summed E-state index contributed by atoms with van der Waals surface area (Å²) in [5.74, 6) is 0.127. The molecule has 0 amide bonds. The average Bonchev–Trinajstić information content (AvgIpc) is 2.34. The fourth-order valence-electron chi connectivity index (χ4n) is 0.601. The summed E-state index contributed by atoms with van der Waals surface area (Å²) in [5, 5.41) is 3.83. The SMILES string of the molecule is O=S([O-])CCn1cccn1.[Na+]. The molecular formula is C5H7N2NaO2S. The topological polar surface area (TPSA) is 57.9 Å². The minimum Gasteiger partial charge on any atom is -0.772 e. The molecule has 0 aliphatic rings. The fraction of sp³-hybridized carbons (Fsp3) is 0.400. The number of aryl methyl sites for hydroxylation is 1. The summed E-state index contributed by atoms with van der Waals surface area (Å²) in [4.78, 5) is 0. The maximum absolute atomic E-state index is 10.1. The molecule has 0 saturated carbocycles. The molecule has 1 aromatic rings. The minimum atomic E-state index is -1.96. The van der Waals surface area contributed by atoms with E-state index in [0.29, 0.717) is 6.54 Å². The second kappa shape index (κ2) is 5.91. The van der Waals surface area contributed by atoms with E-state index in [2.05, 4.69) is 5.10 Å². The number of hydrogen-bond donors (Lipinski definition) is 0. The van der Waals surface area contributed by atoms with Crippen LogP contribution in [0.25, 0.3) is 0 Å². The number of hydrogen-bond acceptors (Lipinski definition) is 3. The summed E-state index contributed by atoms with van der Waals surface area (Å²) in [7, 11) is 0. The first-order chi connectivity index (χ1) is 4.79. The molecule has 0 saturated heterocycles. The van der Waals surface area contributed by atoms with Crippen LogP contribution >= 0.6 is 0 Å². The van der Waals surface area contributed by atoms with Gasteiger partial charge in [0.25, 0.3) is 0 Å². The van der Waals surface area contributed by atoms with E-state index in [-0.39, 0.29) is 35.3 Å². The zero-order valence-electron chi connectivity index (χ0n) is 6.27. The third-order valence-corrected chi connectivity index (χ3v) is 1.56. The Labute approximate surface area is 89.6 Å². The zero-order chi connectivity index (χ0) is 7.40. The van der Waals surface area contributed by atoms with Gasteiger partial charge in [-0.1, -0.05) is 11.1 Å². The van der Waals surface area contributed by atoms with Crippen LogP contribution in [0.1, 0.15) is 0 Å². The summed E-state index contributed by atoms with van der Waals surface area (Å²) in [6.45, 7) is 0.434. The molecule has 0 fully saturated rings. The van der Waals surface area contributed by atoms with Crippen molar-refractivity contribution in [3.8, 4) is 0 Å². The summed E-state index contributed by atoms with van der Waals surface area (Å²) in [6.07, 6.45) is 3.35. The van der Waals surface area contributed by atoms with Crippen LogP contribution in [-0.4, -0.2) is 24.3 Å². The van der Waals surface area contributed by atoms with Crippen LogP contribution in [0.2, 0.25) is 0 Å². The summed E-state index contributed by atoms with van der Waals surface area (Å²) < 4.78 is 21.7. The van der Waals surface area contributed by atoms with Crippen LogP contribution in [0.5, 0.6) is 0 Å². The van der Waals surface area contributed by atoms with Crippen LogP contribution in [0, 0.1) is 0 Å². The van der Waals surface area contributed by atoms with Crippen LogP contribution < -0.4 is 29.6 Å². The molecule has 0 aliphatic carbocycles. The molecule has 1 heterocycles. The molecule has 0 N–H and O–H groups in total. The van der Waals surface area contributed by atoms with Gasteiger partial charge < -0.3 is 4.55 Å². The Kier molecular flexibility index (Phi) is 6.08. The molecule has 0 radical (unpaired) electrons. The first-order valence-electron chi connectivity index (χ1n) is 2.82. The predicted molar refractivity (Wildman–Crippen MR) is 36.0 cm³/mol. The van der Waals surface area contributed by atoms with Gasteiger partial charge in [-0.25, -0.2) is 0 Å². The molecule has 1 aromatic heterocycles. The van der Waals surface area contributed by atoms with Crippen LogP contribution in [0.15, 0.2) is 18.5 Å². The molecule has 56 valence electrons. The molecule has 0 bridgehead atoms. The van der Waals surface area contributed by atoms with Gasteiger partial charge in [0, 0.05) is 18.1 Å². The monoisotopic (exact) mass is 182 g/mol. The van der Waals surface area contributed by atoms with E-state index in [1.807, 2.05) is 0 Å². The number of nitrogens with zero attached hydrogens (tertiary/aromatic N) is 2. The van der Waals surface area contributed by atoms with Gasteiger partial charge in [-0.15, -0.1) is 0 Å². The summed E-state index contributed by atoms with van der Waals surface area (Å²) in [5.41, 5.74) is 0. The Hall–Kier alpha value is 0.320. The first kappa shape index (κ1) is 11.3. The Balaban J connectivity index is 0.000001000. The normalized spacial score (nSPS) is 12.1. The second-order valence-electron chi connectivity index (χ2n) is 1.78. The molecule has 0 aliphatic heterocycles. The van der Waals surface area contributed by atoms with Gasteiger partial charge in [0.15, 0.2) is 0 Å². The van der Waals surface area contributed by atoms with Crippen molar-refractivity contribution in [3.05, 3.63) is 18.5 Å². The molecule has 0 aromatic carbocycles. The number of aromatic nitrogens is 2. The molecule has 11 heavy (non-hydrogen) atoms. The third-order valence-electron chi connectivity index (χ3n) is 1.05. The van der Waals surface area contributed by atoms with E-state index in [4.69, 9.17) is 0 Å². The van der Waals surface area contributed by atoms with Crippen molar-refractivity contribution in [3.63, 3.8) is 0 Å². The maximum atomic E-state index is 10.1. The van der Waals surface area contributed by atoms with E-state index in [1.54, 1.807) is 23.1 Å². The summed E-state index contributed by atoms with van der Waals surface area (Å²) in [6, 6.07) is 1.76. The van der Waals surface area contributed by atoms with Crippen molar-refractivity contribution in [2.24, 2.45) is 0 Å². The predicted octanol–water partition coefficient (Wildman–Crippen LogP) is -3.23. The van der Waals surface area contributed by atoms with E-state index in [0.717, 1.165) is 0 Å². The van der Waals surface area contributed by atoms with E-state index >= 15 is 0 Å². The van der Waals surface area contributed by atoms with Crippen molar-refractivity contribution in [1.29, 1.82) is 0 Å². The first-order valence-corrected chi connectivity index (χ1v) is 4.07. The van der Waals surface area contributed by atoms with E-state index < -0.39 is 11.1 Å². The molecular weight excluding hydrogens is 175 g/mol. The van der Waals surface area contributed by atoms with Crippen LogP contribution in [-0.2, 0) is 17.6 Å². The summed E-state index contributed by atoms with van der Waals surface area (Å²) >= 11 is -1.96. The van der Waals surface area contributed by atoms with Gasteiger partial charge in [-0.05, 0) is 6.07 Å². The van der Waals surface area contributed by atoms with E-state index in [1.165, 1.54) is 0 Å². The van der Waals surface area contributed by atoms with Gasteiger partial charge in [-0.2, -0.15) is 5.10 Å². The van der Waals surface area contributed by atoms with Gasteiger partial charge in [-0.3, -0.25) is 8.89 Å². The zero-order valence-corrected chi connectivity index (χ0v) is 9.08. The van der Waals surface area contributed by atoms with Gasteiger partial charge in [0.2, 0.25) is 0 Å². The largest absolute Gasteiger partial charge is 1.00 e. The Morgan fingerprint density at radius 2 is 2.36 bits per heavy atom. The molecule has 6 heteroatoms. The standard InChI is InChI=1S/C5H8N2O2S.Na/c8-10(9)5-4-7-3-1-2-6-7;/h1-3H,4-5H2,(H,8,9);/q;+1/p-1. The Bertz CT molecular complexity index is 214. The van der Waals surface area contributed by atoms with Gasteiger partial charge in [0.05, 0.1) is 6.54 Å². The maximum Gasteiger partial charge on any atom is 1.00 e. The molecule has 4 nitrogen and oxygen atoms in total. The second-order valence-corrected chi connectivity index (χ2v) is 2.79. The average molecular weight is 182 g/mol. The fourth-order valence-corrected chi connectivity index (χ4v) is 0.937. The number of rotatable bonds is 3. The van der Waals surface area contributed by atoms with Crippen molar-refractivity contribution < 1.29 is 38.3 Å². The van der Waals surface area contributed by atoms with Crippen LogP contribution in [0.3, 0.4) is 0 Å². The van der Waals surface area contributed by atoms with Crippen molar-refractivity contribution in [2.75, 3.05) is 5.75 Å². The Morgan fingerprint density at radius 1 is 1.64 bits per heavy atom. The van der Waals surface area contributed by atoms with Crippen molar-refractivity contribution >= 4 is 11.1 Å². The quantitative estimate of drug-likeness (QED) is 0.365. The smallest absolute Gasteiger partial charge is 0.772 e. The third kappa shape index (κ3) is 4.71. The van der Waals surface area contributed by atoms with Crippen molar-refractivity contribution in [1.82, 2.24) is 9.78 Å². The molecule has 1 unspecified atom stereocenters. The van der Waals surface area contributed by atoms with E-state index in [9.17, 15) is 8.76 Å². The van der Waals surface area contributed by atoms with Gasteiger partial charge >= 0.3 is 29.6 Å². The Morgan fingerprint density at radius 3 is 2.82 bits per heavy atom. The molecule has 0 spiro atoms. The molecule has 1 rings (SSSR count). The van der Waals surface area contributed by atoms with Gasteiger partial charge in [0.1, 0.15) is 0 Å². The molecule has 1 atom stereocenters. The minimum absolute atomic E-state index is 0.